The lowest BCUT2D eigenvalue weighted by molar-refractivity contribution is -0.123. The molecule has 0 aliphatic heterocycles. The van der Waals surface area contributed by atoms with Crippen LogP contribution >= 0.6 is 0 Å². The van der Waals surface area contributed by atoms with Crippen molar-refractivity contribution in [2.24, 2.45) is 0 Å². The van der Waals surface area contributed by atoms with E-state index in [1.54, 1.807) is 17.1 Å². The molecule has 0 saturated carbocycles. The lowest BCUT2D eigenvalue weighted by Gasteiger charge is -2.18. The molecule has 4 rings (SSSR count). The summed E-state index contributed by atoms with van der Waals surface area (Å²) in [4.78, 5) is 13.0. The Bertz CT molecular complexity index is 1060. The molecule has 0 aliphatic rings. The van der Waals surface area contributed by atoms with Crippen LogP contribution in [0.25, 0.3) is 0 Å². The molecule has 1 N–H and O–H groups in total. The van der Waals surface area contributed by atoms with Gasteiger partial charge < -0.3 is 10.1 Å². The standard InChI is InChI=1S/C25H23N3O2/c29-25(24(28-16-8-15-27-28)22-11-3-1-4-12-22)26-18-20-9-7-10-21(17-20)19-30-23-13-5-2-6-14-23/h1-17,24H,18-19H2,(H,26,29)/t24-/m0/s1. The molecule has 0 aliphatic carbocycles. The van der Waals surface area contributed by atoms with Gasteiger partial charge in [0.2, 0.25) is 5.91 Å². The Balaban J connectivity index is 1.41. The smallest absolute Gasteiger partial charge is 0.249 e. The van der Waals surface area contributed by atoms with E-state index in [9.17, 15) is 4.79 Å². The van der Waals surface area contributed by atoms with Gasteiger partial charge in [-0.25, -0.2) is 0 Å². The average Bonchev–Trinajstić information content (AvgIpc) is 3.32. The molecule has 1 amide bonds. The number of benzene rings is 3. The van der Waals surface area contributed by atoms with Crippen molar-refractivity contribution in [3.63, 3.8) is 0 Å². The summed E-state index contributed by atoms with van der Waals surface area (Å²) in [6, 6.07) is 28.7. The second kappa shape index (κ2) is 9.56. The maximum absolute atomic E-state index is 13.0. The molecule has 0 radical (unpaired) electrons. The molecular weight excluding hydrogens is 374 g/mol. The van der Waals surface area contributed by atoms with Gasteiger partial charge in [-0.2, -0.15) is 5.10 Å². The number of amides is 1. The number of nitrogens with zero attached hydrogens (tertiary/aromatic N) is 2. The van der Waals surface area contributed by atoms with Crippen molar-refractivity contribution in [1.82, 2.24) is 15.1 Å². The van der Waals surface area contributed by atoms with Gasteiger partial charge in [0.1, 0.15) is 12.4 Å². The van der Waals surface area contributed by atoms with Crippen LogP contribution in [0.4, 0.5) is 0 Å². The molecular formula is C25H23N3O2. The summed E-state index contributed by atoms with van der Waals surface area (Å²) >= 11 is 0. The van der Waals surface area contributed by atoms with Gasteiger partial charge >= 0.3 is 0 Å². The van der Waals surface area contributed by atoms with E-state index in [-0.39, 0.29) is 5.91 Å². The fourth-order valence-corrected chi connectivity index (χ4v) is 3.29. The zero-order valence-electron chi connectivity index (χ0n) is 16.5. The zero-order chi connectivity index (χ0) is 20.6. The van der Waals surface area contributed by atoms with E-state index in [4.69, 9.17) is 4.74 Å². The molecule has 30 heavy (non-hydrogen) atoms. The fourth-order valence-electron chi connectivity index (χ4n) is 3.29. The first-order valence-corrected chi connectivity index (χ1v) is 9.87. The van der Waals surface area contributed by atoms with E-state index in [1.165, 1.54) is 0 Å². The predicted octanol–water partition coefficient (Wildman–Crippen LogP) is 4.37. The Labute approximate surface area is 175 Å². The van der Waals surface area contributed by atoms with Crippen molar-refractivity contribution < 1.29 is 9.53 Å². The molecule has 0 bridgehead atoms. The molecule has 4 aromatic rings. The molecule has 150 valence electrons. The minimum absolute atomic E-state index is 0.101. The summed E-state index contributed by atoms with van der Waals surface area (Å²) in [7, 11) is 0. The number of ether oxygens (including phenoxy) is 1. The van der Waals surface area contributed by atoms with Crippen molar-refractivity contribution in [1.29, 1.82) is 0 Å². The highest BCUT2D eigenvalue weighted by atomic mass is 16.5. The Kier molecular flexibility index (Phi) is 6.20. The first kappa shape index (κ1) is 19.5. The molecule has 0 saturated heterocycles. The number of carbonyl (C=O) groups is 1. The number of hydrogen-bond donors (Lipinski definition) is 1. The molecule has 0 spiro atoms. The molecule has 1 atom stereocenters. The fraction of sp³-hybridized carbons (Fsp3) is 0.120. The van der Waals surface area contributed by atoms with Gasteiger partial charge in [0, 0.05) is 18.9 Å². The van der Waals surface area contributed by atoms with E-state index in [0.29, 0.717) is 13.2 Å². The van der Waals surface area contributed by atoms with Crippen LogP contribution in [-0.2, 0) is 17.9 Å². The maximum atomic E-state index is 13.0. The third-order valence-corrected chi connectivity index (χ3v) is 4.76. The van der Waals surface area contributed by atoms with E-state index in [1.807, 2.05) is 84.9 Å². The summed E-state index contributed by atoms with van der Waals surface area (Å²) in [5, 5.41) is 7.32. The lowest BCUT2D eigenvalue weighted by Crippen LogP contribution is -2.33. The summed E-state index contributed by atoms with van der Waals surface area (Å²) < 4.78 is 7.49. The molecule has 3 aromatic carbocycles. The second-order valence-corrected chi connectivity index (χ2v) is 6.94. The highest BCUT2D eigenvalue weighted by Gasteiger charge is 2.22. The minimum Gasteiger partial charge on any atom is -0.489 e. The Morgan fingerprint density at radius 1 is 0.900 bits per heavy atom. The monoisotopic (exact) mass is 397 g/mol. The van der Waals surface area contributed by atoms with Crippen molar-refractivity contribution >= 4 is 5.91 Å². The number of rotatable bonds is 8. The van der Waals surface area contributed by atoms with Gasteiger partial charge in [0.25, 0.3) is 0 Å². The Morgan fingerprint density at radius 2 is 1.63 bits per heavy atom. The number of carbonyl (C=O) groups excluding carboxylic acids is 1. The predicted molar refractivity (Wildman–Crippen MR) is 116 cm³/mol. The van der Waals surface area contributed by atoms with Crippen LogP contribution in [0.1, 0.15) is 22.7 Å². The molecule has 0 unspecified atom stereocenters. The third kappa shape index (κ3) is 4.94. The molecule has 1 aromatic heterocycles. The Hall–Kier alpha value is -3.86. The van der Waals surface area contributed by atoms with Crippen molar-refractivity contribution in [2.75, 3.05) is 0 Å². The van der Waals surface area contributed by atoms with Crippen LogP contribution in [-0.4, -0.2) is 15.7 Å². The van der Waals surface area contributed by atoms with Crippen molar-refractivity contribution in [2.45, 2.75) is 19.2 Å². The summed E-state index contributed by atoms with van der Waals surface area (Å²) in [5.74, 6) is 0.733. The highest BCUT2D eigenvalue weighted by molar-refractivity contribution is 5.83. The van der Waals surface area contributed by atoms with Crippen LogP contribution in [0, 0.1) is 0 Å². The molecule has 0 fully saturated rings. The second-order valence-electron chi connectivity index (χ2n) is 6.94. The number of para-hydroxylation sites is 1. The normalized spacial score (nSPS) is 11.6. The Morgan fingerprint density at radius 3 is 2.37 bits per heavy atom. The lowest BCUT2D eigenvalue weighted by atomic mass is 10.1. The number of hydrogen-bond acceptors (Lipinski definition) is 3. The van der Waals surface area contributed by atoms with Crippen LogP contribution in [0.2, 0.25) is 0 Å². The molecule has 5 nitrogen and oxygen atoms in total. The summed E-state index contributed by atoms with van der Waals surface area (Å²) in [6.07, 6.45) is 3.48. The van der Waals surface area contributed by atoms with Crippen LogP contribution < -0.4 is 10.1 Å². The summed E-state index contributed by atoms with van der Waals surface area (Å²) in [6.45, 7) is 0.911. The SMILES string of the molecule is O=C(NCc1cccc(COc2ccccc2)c1)[C@H](c1ccccc1)n1cccn1. The van der Waals surface area contributed by atoms with E-state index in [0.717, 1.165) is 22.4 Å². The zero-order valence-corrected chi connectivity index (χ0v) is 16.5. The molecule has 1 heterocycles. The first-order valence-electron chi connectivity index (χ1n) is 9.87. The van der Waals surface area contributed by atoms with E-state index >= 15 is 0 Å². The van der Waals surface area contributed by atoms with Gasteiger partial charge in [0.05, 0.1) is 0 Å². The van der Waals surface area contributed by atoms with E-state index < -0.39 is 6.04 Å². The van der Waals surface area contributed by atoms with Crippen LogP contribution in [0.3, 0.4) is 0 Å². The van der Waals surface area contributed by atoms with Gasteiger partial charge in [-0.05, 0) is 34.9 Å². The largest absolute Gasteiger partial charge is 0.489 e. The van der Waals surface area contributed by atoms with Gasteiger partial charge in [0.15, 0.2) is 6.04 Å². The topological polar surface area (TPSA) is 56.1 Å². The van der Waals surface area contributed by atoms with Gasteiger partial charge in [-0.15, -0.1) is 0 Å². The molecule has 5 heteroatoms. The highest BCUT2D eigenvalue weighted by Crippen LogP contribution is 2.18. The first-order chi connectivity index (χ1) is 14.8. The quantitative estimate of drug-likeness (QED) is 0.480. The van der Waals surface area contributed by atoms with Crippen molar-refractivity contribution in [3.8, 4) is 5.75 Å². The van der Waals surface area contributed by atoms with E-state index in [2.05, 4.69) is 16.5 Å². The van der Waals surface area contributed by atoms with Gasteiger partial charge in [-0.3, -0.25) is 9.48 Å². The summed E-state index contributed by atoms with van der Waals surface area (Å²) in [5.41, 5.74) is 2.96. The van der Waals surface area contributed by atoms with Crippen LogP contribution in [0.15, 0.2) is 103 Å². The van der Waals surface area contributed by atoms with Crippen molar-refractivity contribution in [3.05, 3.63) is 120 Å². The maximum Gasteiger partial charge on any atom is 0.249 e. The minimum atomic E-state index is -0.509. The number of aromatic nitrogens is 2. The van der Waals surface area contributed by atoms with Gasteiger partial charge in [-0.1, -0.05) is 72.8 Å². The number of nitrogens with one attached hydrogen (secondary N) is 1. The third-order valence-electron chi connectivity index (χ3n) is 4.76. The average molecular weight is 397 g/mol. The van der Waals surface area contributed by atoms with Crippen LogP contribution in [0.5, 0.6) is 5.75 Å².